The van der Waals surface area contributed by atoms with Gasteiger partial charge in [0, 0.05) is 11.1 Å². The third-order valence-corrected chi connectivity index (χ3v) is 3.15. The van der Waals surface area contributed by atoms with Crippen molar-refractivity contribution in [2.24, 2.45) is 0 Å². The molecule has 0 amide bonds. The van der Waals surface area contributed by atoms with Gasteiger partial charge in [0.2, 0.25) is 0 Å². The minimum Gasteiger partial charge on any atom is -0.423 e. The summed E-state index contributed by atoms with van der Waals surface area (Å²) in [7, 11) is 0. The SMILES string of the molecule is Cc1cccc(C)c1OC(=O)/C=C/c1ccc(Cl)cc1. The Morgan fingerprint density at radius 3 is 2.25 bits per heavy atom. The first-order chi connectivity index (χ1) is 9.56. The van der Waals surface area contributed by atoms with Crippen molar-refractivity contribution < 1.29 is 9.53 Å². The summed E-state index contributed by atoms with van der Waals surface area (Å²) in [6, 6.07) is 13.0. The van der Waals surface area contributed by atoms with E-state index in [1.54, 1.807) is 18.2 Å². The van der Waals surface area contributed by atoms with Crippen LogP contribution in [-0.4, -0.2) is 5.97 Å². The molecule has 0 saturated heterocycles. The molecule has 0 fully saturated rings. The summed E-state index contributed by atoms with van der Waals surface area (Å²) < 4.78 is 5.37. The second kappa shape index (κ2) is 6.40. The number of para-hydroxylation sites is 1. The molecular weight excluding hydrogens is 272 g/mol. The van der Waals surface area contributed by atoms with E-state index in [1.807, 2.05) is 44.2 Å². The Labute approximate surface area is 123 Å². The lowest BCUT2D eigenvalue weighted by Gasteiger charge is -2.08. The molecule has 0 bridgehead atoms. The van der Waals surface area contributed by atoms with Crippen LogP contribution in [0.25, 0.3) is 6.08 Å². The fraction of sp³-hybridized carbons (Fsp3) is 0.118. The number of benzene rings is 2. The van der Waals surface area contributed by atoms with Gasteiger partial charge in [-0.3, -0.25) is 0 Å². The molecular formula is C17H15ClO2. The number of carbonyl (C=O) groups is 1. The topological polar surface area (TPSA) is 26.3 Å². The molecule has 0 aromatic heterocycles. The lowest BCUT2D eigenvalue weighted by Crippen LogP contribution is -2.06. The Bertz CT molecular complexity index is 622. The first-order valence-electron chi connectivity index (χ1n) is 6.28. The molecule has 0 saturated carbocycles. The zero-order valence-corrected chi connectivity index (χ0v) is 12.1. The van der Waals surface area contributed by atoms with E-state index in [0.717, 1.165) is 16.7 Å². The summed E-state index contributed by atoms with van der Waals surface area (Å²) in [5.41, 5.74) is 2.78. The van der Waals surface area contributed by atoms with Gasteiger partial charge in [-0.15, -0.1) is 0 Å². The van der Waals surface area contributed by atoms with Crippen molar-refractivity contribution in [3.05, 3.63) is 70.3 Å². The highest BCUT2D eigenvalue weighted by molar-refractivity contribution is 6.30. The molecule has 3 heteroatoms. The summed E-state index contributed by atoms with van der Waals surface area (Å²) in [6.07, 6.45) is 3.11. The number of hydrogen-bond donors (Lipinski definition) is 0. The summed E-state index contributed by atoms with van der Waals surface area (Å²) in [5.74, 6) is 0.232. The number of ether oxygens (including phenoxy) is 1. The maximum absolute atomic E-state index is 11.8. The second-order valence-electron chi connectivity index (χ2n) is 4.53. The van der Waals surface area contributed by atoms with E-state index in [2.05, 4.69) is 0 Å². The van der Waals surface area contributed by atoms with Crippen LogP contribution in [0.15, 0.2) is 48.5 Å². The van der Waals surface area contributed by atoms with Crippen LogP contribution in [0.5, 0.6) is 5.75 Å². The number of carbonyl (C=O) groups excluding carboxylic acids is 1. The molecule has 0 spiro atoms. The van der Waals surface area contributed by atoms with Crippen LogP contribution in [0.4, 0.5) is 0 Å². The average molecular weight is 287 g/mol. The highest BCUT2D eigenvalue weighted by Crippen LogP contribution is 2.22. The number of esters is 1. The van der Waals surface area contributed by atoms with Crippen LogP contribution >= 0.6 is 11.6 Å². The summed E-state index contributed by atoms with van der Waals surface area (Å²) in [5, 5.41) is 0.667. The van der Waals surface area contributed by atoms with Crippen molar-refractivity contribution in [1.82, 2.24) is 0 Å². The first kappa shape index (κ1) is 14.4. The van der Waals surface area contributed by atoms with Crippen LogP contribution in [-0.2, 0) is 4.79 Å². The number of halogens is 1. The minimum absolute atomic E-state index is 0.391. The molecule has 2 aromatic carbocycles. The quantitative estimate of drug-likeness (QED) is 0.469. The molecule has 0 heterocycles. The molecule has 0 radical (unpaired) electrons. The third kappa shape index (κ3) is 3.72. The molecule has 0 N–H and O–H groups in total. The molecule has 20 heavy (non-hydrogen) atoms. The minimum atomic E-state index is -0.391. The zero-order valence-electron chi connectivity index (χ0n) is 11.4. The highest BCUT2D eigenvalue weighted by Gasteiger charge is 2.06. The Morgan fingerprint density at radius 1 is 1.05 bits per heavy atom. The van der Waals surface area contributed by atoms with E-state index in [9.17, 15) is 4.79 Å². The Balaban J connectivity index is 2.07. The number of rotatable bonds is 3. The van der Waals surface area contributed by atoms with E-state index >= 15 is 0 Å². The number of aryl methyl sites for hydroxylation is 2. The molecule has 2 rings (SSSR count). The van der Waals surface area contributed by atoms with Gasteiger partial charge in [-0.25, -0.2) is 4.79 Å². The van der Waals surface area contributed by atoms with Gasteiger partial charge in [-0.2, -0.15) is 0 Å². The second-order valence-corrected chi connectivity index (χ2v) is 4.96. The molecule has 0 atom stereocenters. The Kier molecular flexibility index (Phi) is 4.59. The largest absolute Gasteiger partial charge is 0.423 e. The van der Waals surface area contributed by atoms with Crippen LogP contribution in [0, 0.1) is 13.8 Å². The fourth-order valence-corrected chi connectivity index (χ4v) is 1.96. The van der Waals surface area contributed by atoms with E-state index in [0.29, 0.717) is 10.8 Å². The molecule has 0 aliphatic carbocycles. The predicted octanol–water partition coefficient (Wildman–Crippen LogP) is 4.58. The van der Waals surface area contributed by atoms with Gasteiger partial charge in [-0.1, -0.05) is 41.9 Å². The molecule has 0 aliphatic rings. The smallest absolute Gasteiger partial charge is 0.336 e. The lowest BCUT2D eigenvalue weighted by molar-refractivity contribution is -0.129. The van der Waals surface area contributed by atoms with Gasteiger partial charge < -0.3 is 4.74 Å². The van der Waals surface area contributed by atoms with Gasteiger partial charge >= 0.3 is 5.97 Å². The predicted molar refractivity (Wildman–Crippen MR) is 82.0 cm³/mol. The van der Waals surface area contributed by atoms with E-state index in [-0.39, 0.29) is 0 Å². The normalized spacial score (nSPS) is 10.8. The van der Waals surface area contributed by atoms with E-state index < -0.39 is 5.97 Å². The maximum atomic E-state index is 11.8. The van der Waals surface area contributed by atoms with Crippen LogP contribution in [0.2, 0.25) is 5.02 Å². The first-order valence-corrected chi connectivity index (χ1v) is 6.66. The maximum Gasteiger partial charge on any atom is 0.336 e. The molecule has 2 nitrogen and oxygen atoms in total. The molecule has 2 aromatic rings. The lowest BCUT2D eigenvalue weighted by atomic mass is 10.1. The van der Waals surface area contributed by atoms with Gasteiger partial charge in [0.05, 0.1) is 0 Å². The summed E-state index contributed by atoms with van der Waals surface area (Å²) >= 11 is 5.80. The van der Waals surface area contributed by atoms with Crippen molar-refractivity contribution in [2.75, 3.05) is 0 Å². The monoisotopic (exact) mass is 286 g/mol. The molecule has 102 valence electrons. The van der Waals surface area contributed by atoms with Crippen molar-refractivity contribution in [1.29, 1.82) is 0 Å². The Hall–Kier alpha value is -2.06. The standard InChI is InChI=1S/C17H15ClO2/c1-12-4-3-5-13(2)17(12)20-16(19)11-8-14-6-9-15(18)10-7-14/h3-11H,1-2H3/b11-8+. The van der Waals surface area contributed by atoms with Crippen LogP contribution < -0.4 is 4.74 Å². The fourth-order valence-electron chi connectivity index (χ4n) is 1.83. The third-order valence-electron chi connectivity index (χ3n) is 2.89. The van der Waals surface area contributed by atoms with Crippen molar-refractivity contribution in [2.45, 2.75) is 13.8 Å². The van der Waals surface area contributed by atoms with E-state index in [1.165, 1.54) is 6.08 Å². The van der Waals surface area contributed by atoms with E-state index in [4.69, 9.17) is 16.3 Å². The van der Waals surface area contributed by atoms with Crippen LogP contribution in [0.3, 0.4) is 0 Å². The Morgan fingerprint density at radius 2 is 1.65 bits per heavy atom. The van der Waals surface area contributed by atoms with Crippen molar-refractivity contribution in [3.63, 3.8) is 0 Å². The van der Waals surface area contributed by atoms with Crippen LogP contribution in [0.1, 0.15) is 16.7 Å². The van der Waals surface area contributed by atoms with Crippen molar-refractivity contribution >= 4 is 23.6 Å². The summed E-state index contributed by atoms with van der Waals surface area (Å²) in [4.78, 5) is 11.8. The molecule has 0 aliphatic heterocycles. The van der Waals surface area contributed by atoms with Crippen molar-refractivity contribution in [3.8, 4) is 5.75 Å². The zero-order chi connectivity index (χ0) is 14.5. The number of hydrogen-bond acceptors (Lipinski definition) is 2. The molecule has 0 unspecified atom stereocenters. The van der Waals surface area contributed by atoms with Gasteiger partial charge in [0.15, 0.2) is 0 Å². The van der Waals surface area contributed by atoms with Gasteiger partial charge in [0.25, 0.3) is 0 Å². The summed E-state index contributed by atoms with van der Waals surface area (Å²) in [6.45, 7) is 3.83. The average Bonchev–Trinajstić information content (AvgIpc) is 2.42. The van der Waals surface area contributed by atoms with Gasteiger partial charge in [0.1, 0.15) is 5.75 Å². The van der Waals surface area contributed by atoms with Gasteiger partial charge in [-0.05, 0) is 48.7 Å². The highest BCUT2D eigenvalue weighted by atomic mass is 35.5.